The number of hydrogen-bond acceptors (Lipinski definition) is 4. The van der Waals surface area contributed by atoms with Crippen LogP contribution in [0.5, 0.6) is 0 Å². The van der Waals surface area contributed by atoms with Crippen LogP contribution in [-0.2, 0) is 4.79 Å². The van der Waals surface area contributed by atoms with Crippen LogP contribution in [0, 0.1) is 0 Å². The van der Waals surface area contributed by atoms with E-state index in [4.69, 9.17) is 23.2 Å². The zero-order chi connectivity index (χ0) is 13.9. The first-order valence-corrected chi connectivity index (χ1v) is 6.07. The van der Waals surface area contributed by atoms with Crippen molar-refractivity contribution in [1.82, 2.24) is 9.88 Å². The summed E-state index contributed by atoms with van der Waals surface area (Å²) in [7, 11) is 6.87. The molecule has 1 rings (SSSR count). The summed E-state index contributed by atoms with van der Waals surface area (Å²) in [4.78, 5) is 19.1. The highest BCUT2D eigenvalue weighted by Crippen LogP contribution is 2.30. The first-order valence-electron chi connectivity index (χ1n) is 5.32. The predicted molar refractivity (Wildman–Crippen MR) is 75.8 cm³/mol. The minimum absolute atomic E-state index is 0.0312. The highest BCUT2D eigenvalue weighted by atomic mass is 35.5. The molecule has 18 heavy (non-hydrogen) atoms. The van der Waals surface area contributed by atoms with Crippen molar-refractivity contribution in [3.05, 3.63) is 16.1 Å². The number of nitrogens with one attached hydrogen (secondary N) is 1. The molecular weight excluding hydrogens is 275 g/mol. The first-order chi connectivity index (χ1) is 8.36. The molecule has 1 aromatic heterocycles. The molecule has 1 amide bonds. The number of likely N-dealkylation sites (N-methyl/N-ethyl adjacent to an activating group) is 2. The lowest BCUT2D eigenvalue weighted by Crippen LogP contribution is -2.34. The number of nitrogens with zero attached hydrogens (tertiary/aromatic N) is 3. The Labute approximate surface area is 117 Å². The molecule has 0 aromatic carbocycles. The summed E-state index contributed by atoms with van der Waals surface area (Å²) in [6.45, 7) is 0.199. The summed E-state index contributed by atoms with van der Waals surface area (Å²) in [6, 6.07) is 1.61. The molecule has 100 valence electrons. The van der Waals surface area contributed by atoms with Crippen LogP contribution in [0.2, 0.25) is 10.0 Å². The normalized spacial score (nSPS) is 10.1. The fourth-order valence-electron chi connectivity index (χ4n) is 1.32. The van der Waals surface area contributed by atoms with E-state index in [2.05, 4.69) is 10.3 Å². The number of pyridine rings is 1. The maximum Gasteiger partial charge on any atom is 0.241 e. The molecule has 0 aliphatic heterocycles. The van der Waals surface area contributed by atoms with Gasteiger partial charge in [-0.1, -0.05) is 23.2 Å². The average Bonchev–Trinajstić information content (AvgIpc) is 2.28. The zero-order valence-corrected chi connectivity index (χ0v) is 12.3. The van der Waals surface area contributed by atoms with Crippen LogP contribution in [0.25, 0.3) is 0 Å². The van der Waals surface area contributed by atoms with E-state index < -0.39 is 0 Å². The highest BCUT2D eigenvalue weighted by molar-refractivity contribution is 6.37. The van der Waals surface area contributed by atoms with Crippen LogP contribution in [-0.4, -0.2) is 50.5 Å². The Morgan fingerprint density at radius 3 is 2.44 bits per heavy atom. The number of amides is 1. The number of carbonyl (C=O) groups excluding carboxylic acids is 1. The Kier molecular flexibility index (Phi) is 5.04. The van der Waals surface area contributed by atoms with Crippen molar-refractivity contribution in [3.8, 4) is 0 Å². The molecule has 0 unspecified atom stereocenters. The fourth-order valence-corrected chi connectivity index (χ4v) is 1.92. The van der Waals surface area contributed by atoms with Gasteiger partial charge in [0.1, 0.15) is 11.6 Å². The topological polar surface area (TPSA) is 48.5 Å². The van der Waals surface area contributed by atoms with Crippen LogP contribution >= 0.6 is 23.2 Å². The summed E-state index contributed by atoms with van der Waals surface area (Å²) in [6.07, 6.45) is 0. The summed E-state index contributed by atoms with van der Waals surface area (Å²) in [5.74, 6) is 1.01. The molecular formula is C11H16Cl2N4O. The van der Waals surface area contributed by atoms with Gasteiger partial charge in [-0.2, -0.15) is 0 Å². The number of rotatable bonds is 4. The van der Waals surface area contributed by atoms with E-state index in [0.717, 1.165) is 0 Å². The Morgan fingerprint density at radius 1 is 1.33 bits per heavy atom. The lowest BCUT2D eigenvalue weighted by molar-refractivity contribution is -0.127. The van der Waals surface area contributed by atoms with Crippen molar-refractivity contribution < 1.29 is 4.79 Å². The number of halogens is 2. The van der Waals surface area contributed by atoms with Crippen LogP contribution in [0.3, 0.4) is 0 Å². The molecule has 0 aliphatic rings. The molecule has 0 aliphatic carbocycles. The van der Waals surface area contributed by atoms with Gasteiger partial charge < -0.3 is 15.1 Å². The molecule has 0 atom stereocenters. The second-order valence-electron chi connectivity index (χ2n) is 4.02. The minimum atomic E-state index is -0.0312. The molecule has 7 heteroatoms. The van der Waals surface area contributed by atoms with Crippen LogP contribution in [0.4, 0.5) is 11.6 Å². The van der Waals surface area contributed by atoms with Crippen LogP contribution in [0.15, 0.2) is 6.07 Å². The van der Waals surface area contributed by atoms with Crippen LogP contribution in [0.1, 0.15) is 0 Å². The SMILES string of the molecule is CNc1nc(N(C)CC(=O)N(C)C)c(Cl)cc1Cl. The number of aromatic nitrogens is 1. The second kappa shape index (κ2) is 6.11. The molecule has 1 heterocycles. The third-order valence-corrected chi connectivity index (χ3v) is 2.95. The van der Waals surface area contributed by atoms with E-state index in [9.17, 15) is 4.79 Å². The minimum Gasteiger partial charge on any atom is -0.372 e. The van der Waals surface area contributed by atoms with Crippen molar-refractivity contribution in [2.75, 3.05) is 45.0 Å². The van der Waals surface area contributed by atoms with Crippen LogP contribution < -0.4 is 10.2 Å². The lowest BCUT2D eigenvalue weighted by atomic mass is 10.4. The van der Waals surface area contributed by atoms with E-state index in [1.807, 2.05) is 0 Å². The van der Waals surface area contributed by atoms with Crippen molar-refractivity contribution in [2.24, 2.45) is 0 Å². The summed E-state index contributed by atoms with van der Waals surface area (Å²) in [5.41, 5.74) is 0. The Hall–Kier alpha value is -1.20. The predicted octanol–water partition coefficient (Wildman–Crippen LogP) is 1.95. The largest absolute Gasteiger partial charge is 0.372 e. The zero-order valence-electron chi connectivity index (χ0n) is 10.8. The van der Waals surface area contributed by atoms with Gasteiger partial charge in [0.2, 0.25) is 5.91 Å². The van der Waals surface area contributed by atoms with E-state index in [1.54, 1.807) is 39.2 Å². The van der Waals surface area contributed by atoms with Gasteiger partial charge in [0.15, 0.2) is 0 Å². The Bertz CT molecular complexity index is 451. The highest BCUT2D eigenvalue weighted by Gasteiger charge is 2.15. The van der Waals surface area contributed by atoms with Gasteiger partial charge >= 0.3 is 0 Å². The van der Waals surface area contributed by atoms with Gasteiger partial charge in [-0.05, 0) is 6.07 Å². The van der Waals surface area contributed by atoms with E-state index in [0.29, 0.717) is 21.7 Å². The molecule has 0 spiro atoms. The molecule has 0 bridgehead atoms. The third kappa shape index (κ3) is 3.40. The van der Waals surface area contributed by atoms with Gasteiger partial charge in [0, 0.05) is 28.2 Å². The standard InChI is InChI=1S/C11H16Cl2N4O/c1-14-10-7(12)5-8(13)11(15-10)17(4)6-9(18)16(2)3/h5H,6H2,1-4H3,(H,14,15). The van der Waals surface area contributed by atoms with Crippen molar-refractivity contribution in [3.63, 3.8) is 0 Å². The molecule has 0 saturated carbocycles. The van der Waals surface area contributed by atoms with E-state index in [1.165, 1.54) is 4.90 Å². The number of carbonyl (C=O) groups is 1. The molecule has 0 saturated heterocycles. The molecule has 1 aromatic rings. The monoisotopic (exact) mass is 290 g/mol. The smallest absolute Gasteiger partial charge is 0.241 e. The first kappa shape index (κ1) is 14.9. The molecule has 5 nitrogen and oxygen atoms in total. The number of hydrogen-bond donors (Lipinski definition) is 1. The molecule has 1 N–H and O–H groups in total. The Balaban J connectivity index is 2.98. The maximum atomic E-state index is 11.6. The molecule has 0 fully saturated rings. The maximum absolute atomic E-state index is 11.6. The molecule has 0 radical (unpaired) electrons. The number of anilines is 2. The average molecular weight is 291 g/mol. The lowest BCUT2D eigenvalue weighted by Gasteiger charge is -2.21. The second-order valence-corrected chi connectivity index (χ2v) is 4.83. The van der Waals surface area contributed by atoms with Crippen molar-refractivity contribution in [2.45, 2.75) is 0 Å². The van der Waals surface area contributed by atoms with Gasteiger partial charge in [0.25, 0.3) is 0 Å². The van der Waals surface area contributed by atoms with Gasteiger partial charge in [0.05, 0.1) is 16.6 Å². The van der Waals surface area contributed by atoms with Gasteiger partial charge in [-0.15, -0.1) is 0 Å². The summed E-state index contributed by atoms with van der Waals surface area (Å²) in [5, 5.41) is 3.72. The van der Waals surface area contributed by atoms with Gasteiger partial charge in [-0.3, -0.25) is 4.79 Å². The summed E-state index contributed by atoms with van der Waals surface area (Å²) < 4.78 is 0. The quantitative estimate of drug-likeness (QED) is 0.921. The van der Waals surface area contributed by atoms with E-state index in [-0.39, 0.29) is 12.5 Å². The van der Waals surface area contributed by atoms with Crippen molar-refractivity contribution >= 4 is 40.7 Å². The fraction of sp³-hybridized carbons (Fsp3) is 0.455. The van der Waals surface area contributed by atoms with Crippen molar-refractivity contribution in [1.29, 1.82) is 0 Å². The Morgan fingerprint density at radius 2 is 1.94 bits per heavy atom. The third-order valence-electron chi connectivity index (χ3n) is 2.38. The van der Waals surface area contributed by atoms with E-state index >= 15 is 0 Å². The summed E-state index contributed by atoms with van der Waals surface area (Å²) >= 11 is 12.0. The van der Waals surface area contributed by atoms with Gasteiger partial charge in [-0.25, -0.2) is 4.98 Å².